The van der Waals surface area contributed by atoms with Crippen molar-refractivity contribution in [1.29, 1.82) is 0 Å². The number of benzene rings is 1. The number of rotatable bonds is 8. The molecule has 0 saturated heterocycles. The van der Waals surface area contributed by atoms with E-state index in [1.807, 2.05) is 35.0 Å². The molecule has 120 valence electrons. The predicted octanol–water partition coefficient (Wildman–Crippen LogP) is 2.96. The minimum absolute atomic E-state index is 0.586. The average Bonchev–Trinajstić information content (AvgIpc) is 3.25. The van der Waals surface area contributed by atoms with Crippen LogP contribution in [0.25, 0.3) is 0 Å². The van der Waals surface area contributed by atoms with Crippen LogP contribution in [0.15, 0.2) is 46.9 Å². The highest BCUT2D eigenvalue weighted by Gasteiger charge is 2.08. The van der Waals surface area contributed by atoms with Crippen LogP contribution in [0.2, 0.25) is 0 Å². The molecule has 0 unspecified atom stereocenters. The fourth-order valence-electron chi connectivity index (χ4n) is 1.91. The zero-order valence-corrected chi connectivity index (χ0v) is 14.2. The Morgan fingerprint density at radius 2 is 2.00 bits per heavy atom. The number of hydrogen-bond acceptors (Lipinski definition) is 7. The molecule has 0 saturated carbocycles. The Morgan fingerprint density at radius 1 is 1.17 bits per heavy atom. The molecule has 0 N–H and O–H groups in total. The second-order valence-corrected chi connectivity index (χ2v) is 6.67. The van der Waals surface area contributed by atoms with Gasteiger partial charge >= 0.3 is 0 Å². The molecule has 2 heterocycles. The smallest absolute Gasteiger partial charge is 0.209 e. The van der Waals surface area contributed by atoms with E-state index in [-0.39, 0.29) is 0 Å². The molecule has 1 aromatic carbocycles. The number of aromatic nitrogens is 4. The summed E-state index contributed by atoms with van der Waals surface area (Å²) in [7, 11) is 1.65. The third-order valence-electron chi connectivity index (χ3n) is 3.03. The fraction of sp³-hybridized carbons (Fsp3) is 0.267. The van der Waals surface area contributed by atoms with E-state index in [0.29, 0.717) is 13.2 Å². The molecular formula is C15H16N4O2S2. The Bertz CT molecular complexity index is 713. The second-order valence-electron chi connectivity index (χ2n) is 4.57. The minimum atomic E-state index is 0.586. The van der Waals surface area contributed by atoms with Crippen molar-refractivity contribution in [1.82, 2.24) is 20.2 Å². The third-order valence-corrected chi connectivity index (χ3v) is 4.81. The molecule has 0 spiro atoms. The summed E-state index contributed by atoms with van der Waals surface area (Å²) in [5.41, 5.74) is 0. The zero-order chi connectivity index (χ0) is 15.9. The molecule has 0 aliphatic carbocycles. The standard InChI is InChI=1S/C15H16N4O2S2/c1-20-12-4-6-13(7-5-12)21-8-10-23-15-16-17-18-19(15)11-14-3-2-9-22-14/h2-7,9H,8,10-11H2,1H3. The first-order valence-electron chi connectivity index (χ1n) is 7.03. The largest absolute Gasteiger partial charge is 0.497 e. The molecule has 3 aromatic rings. The molecular weight excluding hydrogens is 332 g/mol. The van der Waals surface area contributed by atoms with E-state index < -0.39 is 0 Å². The van der Waals surface area contributed by atoms with Gasteiger partial charge in [0.15, 0.2) is 0 Å². The Balaban J connectivity index is 1.46. The first kappa shape index (κ1) is 15.8. The van der Waals surface area contributed by atoms with Gasteiger partial charge in [0, 0.05) is 10.6 Å². The topological polar surface area (TPSA) is 62.1 Å². The number of ether oxygens (including phenoxy) is 2. The van der Waals surface area contributed by atoms with Gasteiger partial charge in [-0.3, -0.25) is 0 Å². The van der Waals surface area contributed by atoms with Gasteiger partial charge < -0.3 is 9.47 Å². The van der Waals surface area contributed by atoms with Crippen molar-refractivity contribution >= 4 is 23.1 Å². The van der Waals surface area contributed by atoms with Gasteiger partial charge in [0.05, 0.1) is 20.3 Å². The van der Waals surface area contributed by atoms with Crippen molar-refractivity contribution in [2.24, 2.45) is 0 Å². The van der Waals surface area contributed by atoms with E-state index in [1.165, 1.54) is 4.88 Å². The number of thioether (sulfide) groups is 1. The van der Waals surface area contributed by atoms with Crippen LogP contribution in [-0.2, 0) is 6.54 Å². The predicted molar refractivity (Wildman–Crippen MR) is 90.5 cm³/mol. The van der Waals surface area contributed by atoms with Crippen molar-refractivity contribution in [3.8, 4) is 11.5 Å². The number of tetrazole rings is 1. The van der Waals surface area contributed by atoms with Gasteiger partial charge in [0.1, 0.15) is 11.5 Å². The van der Waals surface area contributed by atoms with Crippen molar-refractivity contribution in [3.63, 3.8) is 0 Å². The molecule has 23 heavy (non-hydrogen) atoms. The highest BCUT2D eigenvalue weighted by atomic mass is 32.2. The summed E-state index contributed by atoms with van der Waals surface area (Å²) >= 11 is 3.28. The maximum atomic E-state index is 5.70. The summed E-state index contributed by atoms with van der Waals surface area (Å²) in [5.74, 6) is 2.42. The average molecular weight is 348 g/mol. The highest BCUT2D eigenvalue weighted by Crippen LogP contribution is 2.19. The lowest BCUT2D eigenvalue weighted by Crippen LogP contribution is -2.05. The van der Waals surface area contributed by atoms with Gasteiger partial charge in [0.25, 0.3) is 0 Å². The van der Waals surface area contributed by atoms with Gasteiger partial charge in [-0.2, -0.15) is 0 Å². The minimum Gasteiger partial charge on any atom is -0.497 e. The Labute approximate surface area is 142 Å². The van der Waals surface area contributed by atoms with Crippen molar-refractivity contribution in [2.75, 3.05) is 19.5 Å². The Morgan fingerprint density at radius 3 is 2.74 bits per heavy atom. The van der Waals surface area contributed by atoms with Crippen LogP contribution in [0.3, 0.4) is 0 Å². The molecule has 6 nitrogen and oxygen atoms in total. The summed E-state index contributed by atoms with van der Waals surface area (Å²) in [4.78, 5) is 1.23. The van der Waals surface area contributed by atoms with Crippen LogP contribution in [0, 0.1) is 0 Å². The molecule has 0 amide bonds. The lowest BCUT2D eigenvalue weighted by Gasteiger charge is -2.07. The maximum Gasteiger partial charge on any atom is 0.209 e. The summed E-state index contributed by atoms with van der Waals surface area (Å²) in [6.07, 6.45) is 0. The molecule has 0 aliphatic heterocycles. The van der Waals surface area contributed by atoms with Crippen LogP contribution in [-0.4, -0.2) is 39.7 Å². The van der Waals surface area contributed by atoms with E-state index in [0.717, 1.165) is 22.4 Å². The first-order chi connectivity index (χ1) is 11.3. The molecule has 0 bridgehead atoms. The molecule has 0 aliphatic rings. The van der Waals surface area contributed by atoms with E-state index in [4.69, 9.17) is 9.47 Å². The first-order valence-corrected chi connectivity index (χ1v) is 8.90. The maximum absolute atomic E-state index is 5.70. The molecule has 0 atom stereocenters. The lowest BCUT2D eigenvalue weighted by molar-refractivity contribution is 0.342. The molecule has 8 heteroatoms. The van der Waals surface area contributed by atoms with E-state index in [9.17, 15) is 0 Å². The van der Waals surface area contributed by atoms with Crippen molar-refractivity contribution in [3.05, 3.63) is 46.7 Å². The van der Waals surface area contributed by atoms with Gasteiger partial charge in [-0.05, 0) is 46.1 Å². The Hall–Kier alpha value is -2.06. The molecule has 2 aromatic heterocycles. The SMILES string of the molecule is COc1ccc(OCCSc2nnnn2Cc2cccs2)cc1. The summed E-state index contributed by atoms with van der Waals surface area (Å²) in [5, 5.41) is 14.7. The summed E-state index contributed by atoms with van der Waals surface area (Å²) in [6.45, 7) is 1.29. The number of nitrogens with zero attached hydrogens (tertiary/aromatic N) is 4. The lowest BCUT2D eigenvalue weighted by atomic mass is 10.3. The van der Waals surface area contributed by atoms with Crippen LogP contribution in [0.4, 0.5) is 0 Å². The molecule has 0 fully saturated rings. The molecule has 3 rings (SSSR count). The Kier molecular flexibility index (Phi) is 5.49. The van der Waals surface area contributed by atoms with E-state index in [2.05, 4.69) is 27.0 Å². The number of methoxy groups -OCH3 is 1. The van der Waals surface area contributed by atoms with Gasteiger partial charge in [-0.1, -0.05) is 17.8 Å². The highest BCUT2D eigenvalue weighted by molar-refractivity contribution is 7.99. The van der Waals surface area contributed by atoms with Crippen LogP contribution in [0.5, 0.6) is 11.5 Å². The summed E-state index contributed by atoms with van der Waals surface area (Å²) < 4.78 is 12.6. The van der Waals surface area contributed by atoms with Crippen molar-refractivity contribution < 1.29 is 9.47 Å². The van der Waals surface area contributed by atoms with Crippen LogP contribution in [0.1, 0.15) is 4.88 Å². The number of thiophene rings is 1. The van der Waals surface area contributed by atoms with Crippen LogP contribution >= 0.6 is 23.1 Å². The quantitative estimate of drug-likeness (QED) is 0.461. The van der Waals surface area contributed by atoms with Crippen LogP contribution < -0.4 is 9.47 Å². The van der Waals surface area contributed by atoms with Gasteiger partial charge in [-0.15, -0.1) is 16.4 Å². The van der Waals surface area contributed by atoms with Gasteiger partial charge in [-0.25, -0.2) is 4.68 Å². The molecule has 0 radical (unpaired) electrons. The fourth-order valence-corrected chi connectivity index (χ4v) is 3.29. The monoisotopic (exact) mass is 348 g/mol. The van der Waals surface area contributed by atoms with E-state index in [1.54, 1.807) is 30.2 Å². The summed E-state index contributed by atoms with van der Waals surface area (Å²) in [6, 6.07) is 11.6. The van der Waals surface area contributed by atoms with E-state index >= 15 is 0 Å². The second kappa shape index (κ2) is 7.98. The normalized spacial score (nSPS) is 10.7. The zero-order valence-electron chi connectivity index (χ0n) is 12.6. The van der Waals surface area contributed by atoms with Crippen molar-refractivity contribution in [2.45, 2.75) is 11.7 Å². The number of hydrogen-bond donors (Lipinski definition) is 0. The third kappa shape index (κ3) is 4.46. The van der Waals surface area contributed by atoms with Gasteiger partial charge in [0.2, 0.25) is 5.16 Å².